The van der Waals surface area contributed by atoms with Crippen molar-refractivity contribution in [1.29, 1.82) is 0 Å². The molecule has 3 N–H and O–H groups in total. The van der Waals surface area contributed by atoms with E-state index in [4.69, 9.17) is 0 Å². The van der Waals surface area contributed by atoms with Crippen LogP contribution >= 0.6 is 11.3 Å². The highest BCUT2D eigenvalue weighted by molar-refractivity contribution is 7.13. The predicted molar refractivity (Wildman–Crippen MR) is 102 cm³/mol. The summed E-state index contributed by atoms with van der Waals surface area (Å²) in [6.07, 6.45) is 2.98. The lowest BCUT2D eigenvalue weighted by Crippen LogP contribution is -2.60. The van der Waals surface area contributed by atoms with Gasteiger partial charge in [-0.3, -0.25) is 14.5 Å². The lowest BCUT2D eigenvalue weighted by molar-refractivity contribution is -0.124. The van der Waals surface area contributed by atoms with Gasteiger partial charge in [0.2, 0.25) is 11.8 Å². The van der Waals surface area contributed by atoms with Gasteiger partial charge in [0, 0.05) is 24.7 Å². The molecule has 1 aromatic heterocycles. The SMILES string of the molecule is C[C@H](C(=O)Nc1nccs1)N1CCC2(CC1)Nc1ccccc1NC2=O. The minimum atomic E-state index is -0.601. The number of fused-ring (bicyclic) bond motifs is 1. The van der Waals surface area contributed by atoms with E-state index in [1.165, 1.54) is 11.3 Å². The highest BCUT2D eigenvalue weighted by atomic mass is 32.1. The first-order valence-electron chi connectivity index (χ1n) is 8.70. The molecule has 1 atom stereocenters. The number of hydrogen-bond acceptors (Lipinski definition) is 6. The quantitative estimate of drug-likeness (QED) is 0.771. The second kappa shape index (κ2) is 6.69. The summed E-state index contributed by atoms with van der Waals surface area (Å²) >= 11 is 1.40. The molecule has 8 heteroatoms. The van der Waals surface area contributed by atoms with Gasteiger partial charge in [-0.25, -0.2) is 4.98 Å². The van der Waals surface area contributed by atoms with Crippen LogP contribution in [0.3, 0.4) is 0 Å². The highest BCUT2D eigenvalue weighted by Crippen LogP contribution is 2.36. The molecular formula is C18H21N5O2S. The molecule has 0 radical (unpaired) electrons. The van der Waals surface area contributed by atoms with Crippen molar-refractivity contribution in [2.24, 2.45) is 0 Å². The fraction of sp³-hybridized carbons (Fsp3) is 0.389. The summed E-state index contributed by atoms with van der Waals surface area (Å²) < 4.78 is 0. The molecule has 2 amide bonds. The van der Waals surface area contributed by atoms with Crippen LogP contribution in [-0.4, -0.2) is 46.4 Å². The zero-order valence-electron chi connectivity index (χ0n) is 14.5. The maximum absolute atomic E-state index is 12.7. The summed E-state index contributed by atoms with van der Waals surface area (Å²) in [5, 5.41) is 11.7. The van der Waals surface area contributed by atoms with E-state index in [9.17, 15) is 9.59 Å². The van der Waals surface area contributed by atoms with E-state index in [0.29, 0.717) is 31.1 Å². The third kappa shape index (κ3) is 3.06. The number of para-hydroxylation sites is 2. The van der Waals surface area contributed by atoms with Crippen molar-refractivity contribution in [3.8, 4) is 0 Å². The van der Waals surface area contributed by atoms with Gasteiger partial charge in [-0.2, -0.15) is 0 Å². The summed E-state index contributed by atoms with van der Waals surface area (Å²) in [6, 6.07) is 7.47. The second-order valence-corrected chi connectivity index (χ2v) is 7.64. The van der Waals surface area contributed by atoms with Gasteiger partial charge in [0.25, 0.3) is 0 Å². The maximum Gasteiger partial charge on any atom is 0.250 e. The largest absolute Gasteiger partial charge is 0.369 e. The smallest absolute Gasteiger partial charge is 0.250 e. The number of carbonyl (C=O) groups is 2. The summed E-state index contributed by atoms with van der Waals surface area (Å²) in [5.74, 6) is -0.0574. The molecular weight excluding hydrogens is 350 g/mol. The number of likely N-dealkylation sites (tertiary alicyclic amines) is 1. The molecule has 0 aliphatic carbocycles. The molecule has 7 nitrogen and oxygen atoms in total. The van der Waals surface area contributed by atoms with Gasteiger partial charge < -0.3 is 16.0 Å². The summed E-state index contributed by atoms with van der Waals surface area (Å²) in [7, 11) is 0. The number of carbonyl (C=O) groups excluding carboxylic acids is 2. The number of aromatic nitrogens is 1. The van der Waals surface area contributed by atoms with E-state index in [-0.39, 0.29) is 17.9 Å². The normalized spacial score (nSPS) is 20.0. The molecule has 0 bridgehead atoms. The number of nitrogens with zero attached hydrogens (tertiary/aromatic N) is 2. The third-order valence-electron chi connectivity index (χ3n) is 5.23. The van der Waals surface area contributed by atoms with Crippen molar-refractivity contribution in [2.45, 2.75) is 31.3 Å². The van der Waals surface area contributed by atoms with Crippen LogP contribution in [0.15, 0.2) is 35.8 Å². The van der Waals surface area contributed by atoms with Crippen LogP contribution in [0.2, 0.25) is 0 Å². The predicted octanol–water partition coefficient (Wildman–Crippen LogP) is 2.37. The van der Waals surface area contributed by atoms with Crippen molar-refractivity contribution < 1.29 is 9.59 Å². The van der Waals surface area contributed by atoms with E-state index in [1.807, 2.05) is 36.6 Å². The Morgan fingerprint density at radius 2 is 2.04 bits per heavy atom. The van der Waals surface area contributed by atoms with E-state index in [2.05, 4.69) is 25.8 Å². The lowest BCUT2D eigenvalue weighted by atomic mass is 9.84. The Kier molecular flexibility index (Phi) is 4.37. The Labute approximate surface area is 155 Å². The topological polar surface area (TPSA) is 86.4 Å². The average Bonchev–Trinajstić information content (AvgIpc) is 3.16. The standard InChI is InChI=1S/C18H21N5O2S/c1-12(15(24)21-17-19-8-11-26-17)23-9-6-18(7-10-23)16(25)20-13-4-2-3-5-14(13)22-18/h2-5,8,11-12,22H,6-7,9-10H2,1H3,(H,20,25)(H,19,21,24)/t12-/m1/s1. The van der Waals surface area contributed by atoms with Gasteiger partial charge in [0.05, 0.1) is 17.4 Å². The molecule has 2 aliphatic heterocycles. The summed E-state index contributed by atoms with van der Waals surface area (Å²) in [6.45, 7) is 3.24. The van der Waals surface area contributed by atoms with E-state index in [1.54, 1.807) is 6.20 Å². The van der Waals surface area contributed by atoms with Gasteiger partial charge in [-0.05, 0) is 31.9 Å². The first-order chi connectivity index (χ1) is 12.6. The molecule has 4 rings (SSSR count). The van der Waals surface area contributed by atoms with E-state index in [0.717, 1.165) is 11.4 Å². The minimum Gasteiger partial charge on any atom is -0.369 e. The van der Waals surface area contributed by atoms with Crippen molar-refractivity contribution in [3.05, 3.63) is 35.8 Å². The van der Waals surface area contributed by atoms with Crippen molar-refractivity contribution in [3.63, 3.8) is 0 Å². The van der Waals surface area contributed by atoms with Crippen LogP contribution < -0.4 is 16.0 Å². The Hall–Kier alpha value is -2.45. The molecule has 2 aliphatic rings. The summed E-state index contributed by atoms with van der Waals surface area (Å²) in [5.41, 5.74) is 1.17. The molecule has 0 unspecified atom stereocenters. The summed E-state index contributed by atoms with van der Waals surface area (Å²) in [4.78, 5) is 31.3. The number of nitrogens with one attached hydrogen (secondary N) is 3. The van der Waals surface area contributed by atoms with Gasteiger partial charge in [-0.15, -0.1) is 11.3 Å². The van der Waals surface area contributed by atoms with Crippen LogP contribution in [0.5, 0.6) is 0 Å². The number of piperidine rings is 1. The first kappa shape index (κ1) is 17.0. The third-order valence-corrected chi connectivity index (χ3v) is 5.91. The zero-order chi connectivity index (χ0) is 18.1. The molecule has 136 valence electrons. The fourth-order valence-electron chi connectivity index (χ4n) is 3.56. The zero-order valence-corrected chi connectivity index (χ0v) is 15.3. The van der Waals surface area contributed by atoms with Crippen LogP contribution in [0.25, 0.3) is 0 Å². The van der Waals surface area contributed by atoms with E-state index < -0.39 is 5.54 Å². The van der Waals surface area contributed by atoms with Gasteiger partial charge in [0.1, 0.15) is 5.54 Å². The average molecular weight is 371 g/mol. The number of rotatable bonds is 3. The molecule has 3 heterocycles. The molecule has 0 saturated carbocycles. The van der Waals surface area contributed by atoms with Crippen LogP contribution in [-0.2, 0) is 9.59 Å². The minimum absolute atomic E-state index is 0.00994. The van der Waals surface area contributed by atoms with Crippen molar-refractivity contribution >= 4 is 39.7 Å². The Morgan fingerprint density at radius 1 is 1.31 bits per heavy atom. The molecule has 1 aromatic carbocycles. The second-order valence-electron chi connectivity index (χ2n) is 6.75. The molecule has 1 fully saturated rings. The van der Waals surface area contributed by atoms with Crippen molar-refractivity contribution in [1.82, 2.24) is 9.88 Å². The Morgan fingerprint density at radius 3 is 2.73 bits per heavy atom. The van der Waals surface area contributed by atoms with Crippen LogP contribution in [0, 0.1) is 0 Å². The van der Waals surface area contributed by atoms with Crippen molar-refractivity contribution in [2.75, 3.05) is 29.0 Å². The number of amides is 2. The monoisotopic (exact) mass is 371 g/mol. The maximum atomic E-state index is 12.7. The number of benzene rings is 1. The lowest BCUT2D eigenvalue weighted by Gasteiger charge is -2.45. The first-order valence-corrected chi connectivity index (χ1v) is 9.58. The number of anilines is 3. The molecule has 1 saturated heterocycles. The number of thiazole rings is 1. The Bertz CT molecular complexity index is 815. The molecule has 1 spiro atoms. The fourth-order valence-corrected chi connectivity index (χ4v) is 4.10. The van der Waals surface area contributed by atoms with Gasteiger partial charge >= 0.3 is 0 Å². The van der Waals surface area contributed by atoms with Crippen LogP contribution in [0.4, 0.5) is 16.5 Å². The van der Waals surface area contributed by atoms with E-state index >= 15 is 0 Å². The van der Waals surface area contributed by atoms with Gasteiger partial charge in [-0.1, -0.05) is 12.1 Å². The number of hydrogen-bond donors (Lipinski definition) is 3. The molecule has 2 aromatic rings. The van der Waals surface area contributed by atoms with Crippen LogP contribution in [0.1, 0.15) is 19.8 Å². The molecule has 26 heavy (non-hydrogen) atoms. The Balaban J connectivity index is 1.41. The highest BCUT2D eigenvalue weighted by Gasteiger charge is 2.45. The van der Waals surface area contributed by atoms with Gasteiger partial charge in [0.15, 0.2) is 5.13 Å².